The predicted octanol–water partition coefficient (Wildman–Crippen LogP) is 2.91. The predicted molar refractivity (Wildman–Crippen MR) is 58.5 cm³/mol. The standard InChI is InChI=1S/C11H8ClN3/c1-7-10(6-13)15-11(14-7)8-3-2-4-9(12)5-8/h2-5H,1H3,(H,14,15). The number of aromatic nitrogens is 2. The molecule has 15 heavy (non-hydrogen) atoms. The highest BCUT2D eigenvalue weighted by Gasteiger charge is 2.07. The van der Waals surface area contributed by atoms with Crippen LogP contribution in [0.4, 0.5) is 0 Å². The van der Waals surface area contributed by atoms with Crippen LogP contribution >= 0.6 is 11.6 Å². The maximum Gasteiger partial charge on any atom is 0.161 e. The summed E-state index contributed by atoms with van der Waals surface area (Å²) in [6.45, 7) is 1.82. The Morgan fingerprint density at radius 1 is 1.47 bits per heavy atom. The maximum absolute atomic E-state index is 8.77. The Bertz CT molecular complexity index is 537. The van der Waals surface area contributed by atoms with E-state index in [0.717, 1.165) is 11.3 Å². The number of aromatic amines is 1. The molecule has 0 saturated carbocycles. The molecule has 0 amide bonds. The molecule has 0 saturated heterocycles. The molecule has 1 heterocycles. The molecular weight excluding hydrogens is 210 g/mol. The minimum absolute atomic E-state index is 0.421. The monoisotopic (exact) mass is 217 g/mol. The number of nitrogens with zero attached hydrogens (tertiary/aromatic N) is 2. The van der Waals surface area contributed by atoms with E-state index < -0.39 is 0 Å². The van der Waals surface area contributed by atoms with Crippen LogP contribution in [0.5, 0.6) is 0 Å². The van der Waals surface area contributed by atoms with Gasteiger partial charge >= 0.3 is 0 Å². The summed E-state index contributed by atoms with van der Waals surface area (Å²) in [4.78, 5) is 7.21. The number of nitriles is 1. The van der Waals surface area contributed by atoms with Crippen molar-refractivity contribution in [1.29, 1.82) is 5.26 Å². The van der Waals surface area contributed by atoms with Crippen LogP contribution < -0.4 is 0 Å². The van der Waals surface area contributed by atoms with E-state index in [1.807, 2.05) is 25.1 Å². The van der Waals surface area contributed by atoms with Crippen molar-refractivity contribution in [3.8, 4) is 17.5 Å². The van der Waals surface area contributed by atoms with Gasteiger partial charge in [0.2, 0.25) is 0 Å². The highest BCUT2D eigenvalue weighted by molar-refractivity contribution is 6.30. The molecule has 0 bridgehead atoms. The van der Waals surface area contributed by atoms with Crippen molar-refractivity contribution in [3.05, 3.63) is 40.7 Å². The maximum atomic E-state index is 8.77. The summed E-state index contributed by atoms with van der Waals surface area (Å²) >= 11 is 5.87. The minimum atomic E-state index is 0.421. The van der Waals surface area contributed by atoms with Crippen LogP contribution in [0.2, 0.25) is 5.02 Å². The summed E-state index contributed by atoms with van der Waals surface area (Å²) in [5, 5.41) is 9.43. The number of nitrogens with one attached hydrogen (secondary N) is 1. The van der Waals surface area contributed by atoms with Gasteiger partial charge in [-0.2, -0.15) is 5.26 Å². The van der Waals surface area contributed by atoms with E-state index >= 15 is 0 Å². The van der Waals surface area contributed by atoms with Crippen LogP contribution in [-0.2, 0) is 0 Å². The third kappa shape index (κ3) is 1.85. The molecule has 2 aromatic rings. The molecule has 0 aliphatic rings. The van der Waals surface area contributed by atoms with Gasteiger partial charge in [0.25, 0.3) is 0 Å². The summed E-state index contributed by atoms with van der Waals surface area (Å²) in [7, 11) is 0. The number of hydrogen-bond acceptors (Lipinski definition) is 2. The summed E-state index contributed by atoms with van der Waals surface area (Å²) in [5.41, 5.74) is 2.07. The third-order valence-electron chi connectivity index (χ3n) is 2.09. The van der Waals surface area contributed by atoms with Crippen LogP contribution in [0.15, 0.2) is 24.3 Å². The van der Waals surface area contributed by atoms with Crippen LogP contribution in [0.3, 0.4) is 0 Å². The van der Waals surface area contributed by atoms with Crippen molar-refractivity contribution in [2.24, 2.45) is 0 Å². The Labute approximate surface area is 92.3 Å². The van der Waals surface area contributed by atoms with Crippen LogP contribution in [0.1, 0.15) is 11.4 Å². The molecule has 0 unspecified atom stereocenters. The van der Waals surface area contributed by atoms with Crippen LogP contribution in [0.25, 0.3) is 11.4 Å². The highest BCUT2D eigenvalue weighted by atomic mass is 35.5. The van der Waals surface area contributed by atoms with Crippen LogP contribution in [-0.4, -0.2) is 9.97 Å². The summed E-state index contributed by atoms with van der Waals surface area (Å²) in [6, 6.07) is 9.37. The Morgan fingerprint density at radius 2 is 2.27 bits per heavy atom. The van der Waals surface area contributed by atoms with Gasteiger partial charge in [0.1, 0.15) is 11.9 Å². The van der Waals surface area contributed by atoms with Gasteiger partial charge in [-0.1, -0.05) is 23.7 Å². The molecule has 1 aromatic carbocycles. The van der Waals surface area contributed by atoms with E-state index in [9.17, 15) is 0 Å². The third-order valence-corrected chi connectivity index (χ3v) is 2.32. The lowest BCUT2D eigenvalue weighted by molar-refractivity contribution is 1.25. The summed E-state index contributed by atoms with van der Waals surface area (Å²) < 4.78 is 0. The summed E-state index contributed by atoms with van der Waals surface area (Å²) in [5.74, 6) is 0.673. The Balaban J connectivity index is 2.51. The fourth-order valence-electron chi connectivity index (χ4n) is 1.34. The number of aryl methyl sites for hydroxylation is 1. The molecule has 0 aliphatic heterocycles. The molecule has 0 spiro atoms. The first kappa shape index (κ1) is 9.75. The van der Waals surface area contributed by atoms with Crippen molar-refractivity contribution in [2.45, 2.75) is 6.92 Å². The first-order chi connectivity index (χ1) is 7.20. The van der Waals surface area contributed by atoms with Gasteiger partial charge < -0.3 is 4.98 Å². The van der Waals surface area contributed by atoms with Gasteiger partial charge in [0.05, 0.1) is 5.69 Å². The van der Waals surface area contributed by atoms with Gasteiger partial charge in [-0.15, -0.1) is 0 Å². The van der Waals surface area contributed by atoms with Gasteiger partial charge in [0, 0.05) is 10.6 Å². The lowest BCUT2D eigenvalue weighted by atomic mass is 10.2. The average molecular weight is 218 g/mol. The molecule has 0 atom stereocenters. The van der Waals surface area contributed by atoms with Gasteiger partial charge in [-0.25, -0.2) is 4.98 Å². The molecule has 2 rings (SSSR count). The molecule has 0 fully saturated rings. The lowest BCUT2D eigenvalue weighted by Gasteiger charge is -1.96. The quantitative estimate of drug-likeness (QED) is 0.799. The van der Waals surface area contributed by atoms with Crippen molar-refractivity contribution in [1.82, 2.24) is 9.97 Å². The van der Waals surface area contributed by atoms with Gasteiger partial charge in [-0.3, -0.25) is 0 Å². The number of halogens is 1. The Morgan fingerprint density at radius 3 is 2.87 bits per heavy atom. The first-order valence-electron chi connectivity index (χ1n) is 4.43. The molecule has 0 radical (unpaired) electrons. The van der Waals surface area contributed by atoms with E-state index in [1.165, 1.54) is 0 Å². The van der Waals surface area contributed by atoms with Crippen molar-refractivity contribution in [3.63, 3.8) is 0 Å². The Hall–Kier alpha value is -1.79. The summed E-state index contributed by atoms with van der Waals surface area (Å²) in [6.07, 6.45) is 0. The average Bonchev–Trinajstić information content (AvgIpc) is 2.60. The normalized spacial score (nSPS) is 9.93. The zero-order valence-electron chi connectivity index (χ0n) is 8.08. The number of rotatable bonds is 1. The number of H-pyrrole nitrogens is 1. The highest BCUT2D eigenvalue weighted by Crippen LogP contribution is 2.20. The first-order valence-corrected chi connectivity index (χ1v) is 4.81. The molecule has 4 heteroatoms. The van der Waals surface area contributed by atoms with Crippen molar-refractivity contribution < 1.29 is 0 Å². The Kier molecular flexibility index (Phi) is 2.44. The fourth-order valence-corrected chi connectivity index (χ4v) is 1.53. The lowest BCUT2D eigenvalue weighted by Crippen LogP contribution is -1.80. The fraction of sp³-hybridized carbons (Fsp3) is 0.0909. The molecule has 1 N–H and O–H groups in total. The minimum Gasteiger partial charge on any atom is -0.341 e. The van der Waals surface area contributed by atoms with Gasteiger partial charge in [-0.05, 0) is 19.1 Å². The van der Waals surface area contributed by atoms with Gasteiger partial charge in [0.15, 0.2) is 5.69 Å². The zero-order chi connectivity index (χ0) is 10.8. The number of hydrogen-bond donors (Lipinski definition) is 1. The SMILES string of the molecule is Cc1[nH]c(-c2cccc(Cl)c2)nc1C#N. The van der Waals surface area contributed by atoms with Crippen LogP contribution in [0, 0.1) is 18.3 Å². The van der Waals surface area contributed by atoms with Crippen molar-refractivity contribution in [2.75, 3.05) is 0 Å². The zero-order valence-corrected chi connectivity index (χ0v) is 8.84. The van der Waals surface area contributed by atoms with E-state index in [1.54, 1.807) is 12.1 Å². The number of imidazole rings is 1. The topological polar surface area (TPSA) is 52.5 Å². The second-order valence-corrected chi connectivity index (χ2v) is 3.62. The molecular formula is C11H8ClN3. The molecule has 74 valence electrons. The smallest absolute Gasteiger partial charge is 0.161 e. The largest absolute Gasteiger partial charge is 0.341 e. The van der Waals surface area contributed by atoms with E-state index in [0.29, 0.717) is 16.5 Å². The number of benzene rings is 1. The van der Waals surface area contributed by atoms with E-state index in [4.69, 9.17) is 16.9 Å². The van der Waals surface area contributed by atoms with Crippen molar-refractivity contribution >= 4 is 11.6 Å². The van der Waals surface area contributed by atoms with E-state index in [-0.39, 0.29) is 0 Å². The second-order valence-electron chi connectivity index (χ2n) is 3.18. The molecule has 0 aliphatic carbocycles. The van der Waals surface area contributed by atoms with E-state index in [2.05, 4.69) is 9.97 Å². The second kappa shape index (κ2) is 3.76. The molecule has 3 nitrogen and oxygen atoms in total. The molecule has 1 aromatic heterocycles.